The molecular weight excluding hydrogens is 546 g/mol. The first-order chi connectivity index (χ1) is 17.6. The molecule has 1 saturated heterocycles. The lowest BCUT2D eigenvalue weighted by molar-refractivity contribution is -0.141. The van der Waals surface area contributed by atoms with E-state index in [9.17, 15) is 22.8 Å². The number of nitrogens with one attached hydrogen (secondary N) is 1. The second-order valence-corrected chi connectivity index (χ2v) is 9.82. The van der Waals surface area contributed by atoms with E-state index in [1.807, 2.05) is 0 Å². The van der Waals surface area contributed by atoms with Gasteiger partial charge in [0.15, 0.2) is 11.5 Å². The third-order valence-electron chi connectivity index (χ3n) is 6.75. The molecule has 2 aliphatic rings. The first-order valence-corrected chi connectivity index (χ1v) is 12.2. The van der Waals surface area contributed by atoms with Gasteiger partial charge in [0.25, 0.3) is 11.8 Å². The van der Waals surface area contributed by atoms with Crippen molar-refractivity contribution in [3.8, 4) is 11.3 Å². The summed E-state index contributed by atoms with van der Waals surface area (Å²) in [5.74, 6) is -0.681. The summed E-state index contributed by atoms with van der Waals surface area (Å²) in [6, 6.07) is 4.48. The number of alkyl halides is 3. The summed E-state index contributed by atoms with van der Waals surface area (Å²) in [7, 11) is 1.46. The van der Waals surface area contributed by atoms with Gasteiger partial charge in [-0.05, 0) is 49.9 Å². The molecule has 3 N–H and O–H groups in total. The summed E-state index contributed by atoms with van der Waals surface area (Å²) in [6.45, 7) is 1.69. The van der Waals surface area contributed by atoms with Crippen LogP contribution in [0.25, 0.3) is 11.3 Å². The number of amides is 2. The van der Waals surface area contributed by atoms with Crippen molar-refractivity contribution in [1.82, 2.24) is 24.2 Å². The monoisotopic (exact) mass is 571 g/mol. The number of carbonyl (C=O) groups excluding carboxylic acids is 2. The van der Waals surface area contributed by atoms with Crippen LogP contribution < -0.4 is 11.1 Å². The maximum Gasteiger partial charge on any atom is 0.435 e. The van der Waals surface area contributed by atoms with Crippen LogP contribution in [0.2, 0.25) is 5.02 Å². The first-order valence-electron chi connectivity index (χ1n) is 11.9. The zero-order valence-electron chi connectivity index (χ0n) is 20.3. The van der Waals surface area contributed by atoms with Crippen molar-refractivity contribution in [3.05, 3.63) is 52.7 Å². The molecule has 0 spiro atoms. The Morgan fingerprint density at radius 1 is 1.24 bits per heavy atom. The minimum absolute atomic E-state index is 0. The van der Waals surface area contributed by atoms with Gasteiger partial charge in [0.2, 0.25) is 0 Å². The number of anilines is 1. The molecule has 1 aliphatic carbocycles. The van der Waals surface area contributed by atoms with E-state index in [0.717, 1.165) is 19.3 Å². The average Bonchev–Trinajstić information content (AvgIpc) is 3.25. The number of hydrogen-bond acceptors (Lipinski definition) is 5. The number of rotatable bonds is 6. The summed E-state index contributed by atoms with van der Waals surface area (Å²) >= 11 is 6.35. The van der Waals surface area contributed by atoms with Crippen LogP contribution in [0.4, 0.5) is 18.9 Å². The van der Waals surface area contributed by atoms with E-state index in [2.05, 4.69) is 15.4 Å². The number of benzene rings is 1. The fourth-order valence-electron chi connectivity index (χ4n) is 4.52. The third-order valence-corrected chi connectivity index (χ3v) is 7.07. The maximum atomic E-state index is 13.6. The van der Waals surface area contributed by atoms with E-state index < -0.39 is 17.8 Å². The molecule has 1 saturated carbocycles. The number of nitrogens with two attached hydrogens (primary N) is 1. The van der Waals surface area contributed by atoms with Crippen LogP contribution in [0.5, 0.6) is 0 Å². The van der Waals surface area contributed by atoms with E-state index in [4.69, 9.17) is 17.3 Å². The SMILES string of the molecule is Cl.Cn1c(-c2cn(C3CC3)nc2C(F)(F)F)cnc1C(=O)Nc1ccc(C(=O)N2CC[C@H](CN)C2)c(Cl)c1. The van der Waals surface area contributed by atoms with Gasteiger partial charge >= 0.3 is 6.18 Å². The van der Waals surface area contributed by atoms with E-state index in [1.165, 1.54) is 40.8 Å². The van der Waals surface area contributed by atoms with Crippen LogP contribution in [0.1, 0.15) is 52.0 Å². The summed E-state index contributed by atoms with van der Waals surface area (Å²) in [5, 5.41) is 6.56. The smallest absolute Gasteiger partial charge is 0.338 e. The molecule has 1 aliphatic heterocycles. The first kappa shape index (κ1) is 27.9. The second-order valence-electron chi connectivity index (χ2n) is 9.42. The number of carbonyl (C=O) groups is 2. The highest BCUT2D eigenvalue weighted by atomic mass is 35.5. The molecule has 2 aromatic heterocycles. The normalized spacial score (nSPS) is 17.4. The third kappa shape index (κ3) is 5.38. The lowest BCUT2D eigenvalue weighted by Gasteiger charge is -2.17. The van der Waals surface area contributed by atoms with Crippen molar-refractivity contribution >= 4 is 41.5 Å². The Morgan fingerprint density at radius 3 is 2.58 bits per heavy atom. The lowest BCUT2D eigenvalue weighted by Crippen LogP contribution is -2.30. The zero-order valence-corrected chi connectivity index (χ0v) is 21.9. The highest BCUT2D eigenvalue weighted by Crippen LogP contribution is 2.41. The summed E-state index contributed by atoms with van der Waals surface area (Å²) in [4.78, 5) is 31.5. The Balaban J connectivity index is 0.00000336. The van der Waals surface area contributed by atoms with E-state index in [1.54, 1.807) is 11.0 Å². The molecule has 5 rings (SSSR count). The predicted molar refractivity (Wildman–Crippen MR) is 137 cm³/mol. The van der Waals surface area contributed by atoms with Crippen molar-refractivity contribution in [3.63, 3.8) is 0 Å². The lowest BCUT2D eigenvalue weighted by atomic mass is 10.1. The van der Waals surface area contributed by atoms with Crippen molar-refractivity contribution in [2.75, 3.05) is 25.0 Å². The van der Waals surface area contributed by atoms with Crippen LogP contribution in [-0.2, 0) is 13.2 Å². The van der Waals surface area contributed by atoms with Crippen molar-refractivity contribution in [2.24, 2.45) is 18.7 Å². The topological polar surface area (TPSA) is 111 Å². The fourth-order valence-corrected chi connectivity index (χ4v) is 4.78. The van der Waals surface area contributed by atoms with Gasteiger partial charge in [0, 0.05) is 32.0 Å². The molecule has 204 valence electrons. The summed E-state index contributed by atoms with van der Waals surface area (Å²) in [6.07, 6.45) is 0.305. The van der Waals surface area contributed by atoms with Crippen molar-refractivity contribution < 1.29 is 22.8 Å². The number of imidazole rings is 1. The van der Waals surface area contributed by atoms with Gasteiger partial charge in [-0.25, -0.2) is 4.98 Å². The van der Waals surface area contributed by atoms with Crippen molar-refractivity contribution in [1.29, 1.82) is 0 Å². The minimum Gasteiger partial charge on any atom is -0.338 e. The average molecular weight is 572 g/mol. The molecule has 14 heteroatoms. The molecule has 2 amide bonds. The Hall–Kier alpha value is -3.09. The molecule has 0 unspecified atom stereocenters. The number of aromatic nitrogens is 4. The van der Waals surface area contributed by atoms with E-state index >= 15 is 0 Å². The van der Waals surface area contributed by atoms with Crippen LogP contribution in [0.3, 0.4) is 0 Å². The van der Waals surface area contributed by atoms with Gasteiger partial charge in [-0.2, -0.15) is 18.3 Å². The second kappa shape index (κ2) is 10.6. The van der Waals surface area contributed by atoms with Crippen molar-refractivity contribution in [2.45, 2.75) is 31.5 Å². The largest absolute Gasteiger partial charge is 0.435 e. The number of nitrogens with zero attached hydrogens (tertiary/aromatic N) is 5. The molecule has 1 atom stereocenters. The molecule has 0 radical (unpaired) electrons. The predicted octanol–water partition coefficient (Wildman–Crippen LogP) is 4.39. The van der Waals surface area contributed by atoms with Gasteiger partial charge in [0.05, 0.1) is 34.1 Å². The standard InChI is InChI=1S/C24H25ClF3N7O2.ClH/c1-33-19(17-12-35(15-3-4-15)32-20(17)24(26,27)28)10-30-21(33)22(36)31-14-2-5-16(18(25)8-14)23(37)34-7-6-13(9-29)11-34;/h2,5,8,10,12-13,15H,3-4,6-7,9,11,29H2,1H3,(H,31,36);1H/t13-;/m1./s1. The summed E-state index contributed by atoms with van der Waals surface area (Å²) < 4.78 is 43.6. The number of halogens is 5. The van der Waals surface area contributed by atoms with E-state index in [-0.39, 0.29) is 52.4 Å². The summed E-state index contributed by atoms with van der Waals surface area (Å²) in [5.41, 5.74) is 5.28. The van der Waals surface area contributed by atoms with Gasteiger partial charge in [-0.15, -0.1) is 12.4 Å². The van der Waals surface area contributed by atoms with Gasteiger partial charge in [-0.3, -0.25) is 14.3 Å². The Kier molecular flexibility index (Phi) is 7.78. The molecule has 9 nitrogen and oxygen atoms in total. The maximum absolute atomic E-state index is 13.6. The van der Waals surface area contributed by atoms with Crippen LogP contribution in [0, 0.1) is 5.92 Å². The molecule has 1 aromatic carbocycles. The highest BCUT2D eigenvalue weighted by Gasteiger charge is 2.40. The number of likely N-dealkylation sites (tertiary alicyclic amines) is 1. The fraction of sp³-hybridized carbons (Fsp3) is 0.417. The van der Waals surface area contributed by atoms with Crippen LogP contribution in [0.15, 0.2) is 30.6 Å². The Labute approximate surface area is 227 Å². The molecule has 0 bridgehead atoms. The van der Waals surface area contributed by atoms with Gasteiger partial charge < -0.3 is 20.5 Å². The van der Waals surface area contributed by atoms with Gasteiger partial charge in [-0.1, -0.05) is 11.6 Å². The molecule has 3 aromatic rings. The van der Waals surface area contributed by atoms with E-state index in [0.29, 0.717) is 30.9 Å². The van der Waals surface area contributed by atoms with Crippen LogP contribution >= 0.6 is 24.0 Å². The molecule has 3 heterocycles. The molecule has 38 heavy (non-hydrogen) atoms. The molecule has 2 fully saturated rings. The number of hydrogen-bond donors (Lipinski definition) is 2. The Morgan fingerprint density at radius 2 is 1.97 bits per heavy atom. The minimum atomic E-state index is -4.65. The highest BCUT2D eigenvalue weighted by molar-refractivity contribution is 6.34. The van der Waals surface area contributed by atoms with Gasteiger partial charge in [0.1, 0.15) is 0 Å². The molecular formula is C24H26Cl2F3N7O2. The quantitative estimate of drug-likeness (QED) is 0.456. The Bertz CT molecular complexity index is 1370. The van der Waals surface area contributed by atoms with Crippen LogP contribution in [-0.4, -0.2) is 55.7 Å². The zero-order chi connectivity index (χ0) is 26.5.